The van der Waals surface area contributed by atoms with Crippen molar-refractivity contribution in [2.24, 2.45) is 45.7 Å². The number of rotatable bonds is 14. The molecule has 1 aliphatic heterocycles. The van der Waals surface area contributed by atoms with Crippen LogP contribution in [0.4, 0.5) is 4.79 Å². The Morgan fingerprint density at radius 2 is 1.72 bits per heavy atom. The molecule has 3 aliphatic rings. The maximum absolute atomic E-state index is 14.3. The van der Waals surface area contributed by atoms with Crippen LogP contribution in [0.5, 0.6) is 0 Å². The zero-order chi connectivity index (χ0) is 35.1. The second-order valence-corrected chi connectivity index (χ2v) is 17.4. The normalized spacial score (nSPS) is 23.6. The Balaban J connectivity index is 1.50. The molecule has 2 aliphatic carbocycles. The number of carbonyl (C=O) groups is 6. The van der Waals surface area contributed by atoms with Gasteiger partial charge in [-0.3, -0.25) is 19.2 Å². The third-order valence-corrected chi connectivity index (χ3v) is 10.7. The molecule has 260 valence electrons. The van der Waals surface area contributed by atoms with E-state index in [9.17, 15) is 28.8 Å². The van der Waals surface area contributed by atoms with Gasteiger partial charge >= 0.3 is 12.0 Å². The number of thiophene rings is 1. The molecule has 12 heteroatoms. The molecule has 11 nitrogen and oxygen atoms in total. The van der Waals surface area contributed by atoms with Gasteiger partial charge in [0, 0.05) is 24.4 Å². The van der Waals surface area contributed by atoms with Gasteiger partial charge in [-0.15, -0.1) is 0 Å². The number of carbonyl (C=O) groups excluding carboxylic acids is 6. The van der Waals surface area contributed by atoms with Crippen LogP contribution in [-0.2, 0) is 35.3 Å². The van der Waals surface area contributed by atoms with E-state index in [2.05, 4.69) is 24.5 Å². The van der Waals surface area contributed by atoms with Crippen LogP contribution in [0.15, 0.2) is 16.8 Å². The highest BCUT2D eigenvalue weighted by atomic mass is 32.1. The fraction of sp³-hybridized carbons (Fsp3) is 0.714. The van der Waals surface area contributed by atoms with Crippen molar-refractivity contribution in [3.63, 3.8) is 0 Å². The lowest BCUT2D eigenvalue weighted by Gasteiger charge is -2.38. The fourth-order valence-corrected chi connectivity index (χ4v) is 7.72. The number of primary amides is 1. The summed E-state index contributed by atoms with van der Waals surface area (Å²) in [5, 5.41) is 9.34. The molecule has 47 heavy (non-hydrogen) atoms. The van der Waals surface area contributed by atoms with Crippen molar-refractivity contribution in [1.82, 2.24) is 15.5 Å². The molecule has 0 aromatic carbocycles. The highest BCUT2D eigenvalue weighted by Crippen LogP contribution is 2.65. The van der Waals surface area contributed by atoms with Gasteiger partial charge in [-0.05, 0) is 63.7 Å². The van der Waals surface area contributed by atoms with Gasteiger partial charge in [-0.25, -0.2) is 9.59 Å². The maximum Gasteiger partial charge on any atom is 0.329 e. The lowest BCUT2D eigenvalue weighted by Crippen LogP contribution is -2.60. The molecule has 2 heterocycles. The summed E-state index contributed by atoms with van der Waals surface area (Å²) in [6, 6.07) is -1.58. The number of likely N-dealkylation sites (tertiary alicyclic amines) is 1. The third kappa shape index (κ3) is 9.00. The summed E-state index contributed by atoms with van der Waals surface area (Å²) in [7, 11) is 0. The molecular formula is C35H52N4O7S. The Morgan fingerprint density at radius 3 is 2.26 bits per heavy atom. The molecule has 4 rings (SSSR count). The molecule has 4 amide bonds. The Kier molecular flexibility index (Phi) is 10.6. The van der Waals surface area contributed by atoms with Crippen molar-refractivity contribution in [3.8, 4) is 0 Å². The van der Waals surface area contributed by atoms with Crippen LogP contribution in [0.1, 0.15) is 93.1 Å². The number of nitrogens with two attached hydrogens (primary N) is 1. The van der Waals surface area contributed by atoms with Gasteiger partial charge in [0.25, 0.3) is 5.91 Å². The fourth-order valence-electron chi connectivity index (χ4n) is 7.07. The smallest absolute Gasteiger partial charge is 0.329 e. The Hall–Kier alpha value is -3.28. The highest BCUT2D eigenvalue weighted by molar-refractivity contribution is 7.07. The van der Waals surface area contributed by atoms with Crippen molar-refractivity contribution in [3.05, 3.63) is 22.4 Å². The zero-order valence-corrected chi connectivity index (χ0v) is 29.8. The average molecular weight is 673 g/mol. The van der Waals surface area contributed by atoms with Gasteiger partial charge in [-0.2, -0.15) is 11.3 Å². The van der Waals surface area contributed by atoms with Gasteiger partial charge < -0.3 is 26.0 Å². The van der Waals surface area contributed by atoms with E-state index in [4.69, 9.17) is 10.5 Å². The van der Waals surface area contributed by atoms with E-state index in [1.807, 2.05) is 58.4 Å². The molecular weight excluding hydrogens is 620 g/mol. The number of hydrogen-bond acceptors (Lipinski definition) is 8. The number of fused-ring (bicyclic) bond motifs is 1. The number of ether oxygens (including phenoxy) is 1. The number of nitrogens with one attached hydrogen (secondary N) is 2. The molecule has 6 atom stereocenters. The van der Waals surface area contributed by atoms with E-state index in [0.717, 1.165) is 18.4 Å². The summed E-state index contributed by atoms with van der Waals surface area (Å²) in [5.41, 5.74) is 4.96. The number of hydrogen-bond donors (Lipinski definition) is 3. The summed E-state index contributed by atoms with van der Waals surface area (Å²) >= 11 is 1.49. The zero-order valence-electron chi connectivity index (χ0n) is 29.0. The monoisotopic (exact) mass is 672 g/mol. The maximum atomic E-state index is 14.3. The van der Waals surface area contributed by atoms with Crippen LogP contribution in [0.2, 0.25) is 0 Å². The van der Waals surface area contributed by atoms with Crippen molar-refractivity contribution in [1.29, 1.82) is 0 Å². The molecule has 1 aromatic heterocycles. The number of Topliss-reactive ketones (excluding diaryl/α,β-unsaturated/α-hetero) is 2. The summed E-state index contributed by atoms with van der Waals surface area (Å²) in [5.74, 6) is -3.51. The van der Waals surface area contributed by atoms with Crippen LogP contribution in [-0.4, -0.2) is 65.0 Å². The van der Waals surface area contributed by atoms with E-state index >= 15 is 0 Å². The average Bonchev–Trinajstić information content (AvgIpc) is 3.66. The quantitative estimate of drug-likeness (QED) is 0.197. The van der Waals surface area contributed by atoms with Crippen LogP contribution < -0.4 is 16.4 Å². The van der Waals surface area contributed by atoms with Crippen LogP contribution in [0, 0.1) is 39.9 Å². The van der Waals surface area contributed by atoms with E-state index in [1.165, 1.54) is 11.3 Å². The minimum Gasteiger partial charge on any atom is -0.459 e. The van der Waals surface area contributed by atoms with E-state index < -0.39 is 59.1 Å². The predicted octanol–water partition coefficient (Wildman–Crippen LogP) is 4.22. The first-order chi connectivity index (χ1) is 21.7. The standard InChI is InChI=1S/C35H52N4O7S/c1-33(2,3)15-23(31(44)46-17-20-11-12-47-18-20)37-32(45)38-28(34(4,5)6)30(43)39-16-22-25(35(22,7)8)26(39)24(40)14-21(13-19-9-10-19)27(41)29(36)42/h11-12,18-19,21-23,25-26,28H,9-10,13-17H2,1-8H3,(H2,36,42)(H2,37,38,45)/t21?,22-,23-,25-,26+,28+/m0/s1. The van der Waals surface area contributed by atoms with E-state index in [0.29, 0.717) is 25.3 Å². The SMILES string of the molecule is CC(C)(C)C[C@H](NC(=O)N[C@H](C(=O)N1C[C@H]2[C@@H]([C@H]1C(=O)CC(CC1CC1)C(=O)C(N)=O)C2(C)C)C(C)(C)C)C(=O)OCc1ccsc1. The molecule has 4 N–H and O–H groups in total. The van der Waals surface area contributed by atoms with Crippen molar-refractivity contribution in [2.75, 3.05) is 6.54 Å². The van der Waals surface area contributed by atoms with Crippen LogP contribution in [0.3, 0.4) is 0 Å². The summed E-state index contributed by atoms with van der Waals surface area (Å²) in [4.78, 5) is 80.9. The number of ketones is 2. The largest absolute Gasteiger partial charge is 0.459 e. The first kappa shape index (κ1) is 36.6. The van der Waals surface area contributed by atoms with E-state index in [1.54, 1.807) is 4.90 Å². The van der Waals surface area contributed by atoms with Crippen LogP contribution >= 0.6 is 11.3 Å². The second-order valence-electron chi connectivity index (χ2n) is 16.6. The second kappa shape index (κ2) is 13.7. The first-order valence-corrected chi connectivity index (χ1v) is 17.6. The summed E-state index contributed by atoms with van der Waals surface area (Å²) in [6.07, 6.45) is 2.49. The molecule has 0 bridgehead atoms. The molecule has 1 saturated heterocycles. The third-order valence-electron chi connectivity index (χ3n) is 9.95. The summed E-state index contributed by atoms with van der Waals surface area (Å²) < 4.78 is 5.52. The minimum absolute atomic E-state index is 0.0883. The minimum atomic E-state index is -1.05. The molecule has 0 spiro atoms. The predicted molar refractivity (Wildman–Crippen MR) is 178 cm³/mol. The molecule has 1 unspecified atom stereocenters. The van der Waals surface area contributed by atoms with Gasteiger partial charge in [0.1, 0.15) is 18.7 Å². The Bertz CT molecular complexity index is 1370. The van der Waals surface area contributed by atoms with Crippen molar-refractivity contribution >= 4 is 46.7 Å². The highest BCUT2D eigenvalue weighted by Gasteiger charge is 2.69. The van der Waals surface area contributed by atoms with Crippen LogP contribution in [0.25, 0.3) is 0 Å². The first-order valence-electron chi connectivity index (χ1n) is 16.6. The molecule has 1 aromatic rings. The van der Waals surface area contributed by atoms with Gasteiger partial charge in [-0.1, -0.05) is 68.2 Å². The van der Waals surface area contributed by atoms with E-state index in [-0.39, 0.29) is 41.5 Å². The van der Waals surface area contributed by atoms with Crippen molar-refractivity contribution in [2.45, 2.75) is 112 Å². The van der Waals surface area contributed by atoms with Gasteiger partial charge in [0.2, 0.25) is 11.7 Å². The van der Waals surface area contributed by atoms with Gasteiger partial charge in [0.05, 0.1) is 6.04 Å². The number of esters is 1. The molecule has 2 saturated carbocycles. The number of piperidine rings is 1. The summed E-state index contributed by atoms with van der Waals surface area (Å²) in [6.45, 7) is 15.9. The molecule has 0 radical (unpaired) electrons. The number of urea groups is 1. The topological polar surface area (TPSA) is 165 Å². The van der Waals surface area contributed by atoms with Gasteiger partial charge in [0.15, 0.2) is 5.78 Å². The molecule has 3 fully saturated rings. The van der Waals surface area contributed by atoms with Crippen molar-refractivity contribution < 1.29 is 33.5 Å². The number of nitrogens with zero attached hydrogens (tertiary/aromatic N) is 1. The number of amides is 4. The lowest BCUT2D eigenvalue weighted by molar-refractivity contribution is -0.148. The lowest BCUT2D eigenvalue weighted by atomic mass is 9.84. The Labute approximate surface area is 282 Å². The Morgan fingerprint density at radius 1 is 1.06 bits per heavy atom.